The SMILES string of the molecule is CCn1cc(C(=O)OC(C)C)c(=O)c2cc(F)c(N3CCNCC3)cc21. The third-order valence-electron chi connectivity index (χ3n) is 4.51. The number of aryl methyl sites for hydroxylation is 1. The number of carbonyl (C=O) groups excluding carboxylic acids is 1. The van der Waals surface area contributed by atoms with E-state index in [4.69, 9.17) is 4.74 Å². The minimum Gasteiger partial charge on any atom is -0.459 e. The van der Waals surface area contributed by atoms with Gasteiger partial charge in [0.15, 0.2) is 0 Å². The van der Waals surface area contributed by atoms with Gasteiger partial charge in [0, 0.05) is 44.3 Å². The van der Waals surface area contributed by atoms with E-state index in [0.717, 1.165) is 13.1 Å². The average Bonchev–Trinajstić information content (AvgIpc) is 2.62. The third kappa shape index (κ3) is 3.44. The maximum Gasteiger partial charge on any atom is 0.343 e. The van der Waals surface area contributed by atoms with E-state index in [9.17, 15) is 14.0 Å². The van der Waals surface area contributed by atoms with Crippen molar-refractivity contribution in [3.8, 4) is 0 Å². The summed E-state index contributed by atoms with van der Waals surface area (Å²) in [5.74, 6) is -1.13. The molecule has 1 aliphatic rings. The van der Waals surface area contributed by atoms with E-state index < -0.39 is 17.2 Å². The van der Waals surface area contributed by atoms with Crippen molar-refractivity contribution in [1.29, 1.82) is 0 Å². The second-order valence-electron chi connectivity index (χ2n) is 6.67. The summed E-state index contributed by atoms with van der Waals surface area (Å²) in [5, 5.41) is 3.43. The van der Waals surface area contributed by atoms with Gasteiger partial charge in [0.25, 0.3) is 0 Å². The summed E-state index contributed by atoms with van der Waals surface area (Å²) in [5.41, 5.74) is 0.537. The molecule has 1 aromatic heterocycles. The van der Waals surface area contributed by atoms with Gasteiger partial charge in [-0.15, -0.1) is 0 Å². The van der Waals surface area contributed by atoms with Crippen molar-refractivity contribution >= 4 is 22.6 Å². The molecular weight excluding hydrogens is 337 g/mol. The quantitative estimate of drug-likeness (QED) is 0.846. The highest BCUT2D eigenvalue weighted by molar-refractivity contribution is 5.94. The van der Waals surface area contributed by atoms with Gasteiger partial charge in [0.05, 0.1) is 17.3 Å². The molecule has 0 atom stereocenters. The fourth-order valence-electron chi connectivity index (χ4n) is 3.23. The number of halogens is 1. The molecule has 26 heavy (non-hydrogen) atoms. The van der Waals surface area contributed by atoms with Gasteiger partial charge in [0.2, 0.25) is 5.43 Å². The molecule has 2 aromatic rings. The zero-order chi connectivity index (χ0) is 18.8. The number of carbonyl (C=O) groups is 1. The zero-order valence-corrected chi connectivity index (χ0v) is 15.3. The molecule has 1 N–H and O–H groups in total. The van der Waals surface area contributed by atoms with E-state index in [-0.39, 0.29) is 17.1 Å². The maximum atomic E-state index is 14.7. The van der Waals surface area contributed by atoms with Crippen molar-refractivity contribution in [1.82, 2.24) is 9.88 Å². The third-order valence-corrected chi connectivity index (χ3v) is 4.51. The number of fused-ring (bicyclic) bond motifs is 1. The van der Waals surface area contributed by atoms with Gasteiger partial charge in [0.1, 0.15) is 11.4 Å². The number of rotatable bonds is 4. The summed E-state index contributed by atoms with van der Waals surface area (Å²) in [4.78, 5) is 27.0. The lowest BCUT2D eigenvalue weighted by atomic mass is 10.1. The number of aromatic nitrogens is 1. The van der Waals surface area contributed by atoms with Crippen molar-refractivity contribution < 1.29 is 13.9 Å². The number of nitrogens with one attached hydrogen (secondary N) is 1. The van der Waals surface area contributed by atoms with Crippen LogP contribution in [0.2, 0.25) is 0 Å². The Bertz CT molecular complexity index is 886. The first-order valence-electron chi connectivity index (χ1n) is 8.95. The van der Waals surface area contributed by atoms with Crippen LogP contribution >= 0.6 is 0 Å². The van der Waals surface area contributed by atoms with E-state index in [1.54, 1.807) is 24.5 Å². The summed E-state index contributed by atoms with van der Waals surface area (Å²) in [6.07, 6.45) is 1.17. The normalized spacial score (nSPS) is 14.9. The number of hydrogen-bond donors (Lipinski definition) is 1. The van der Waals surface area contributed by atoms with Gasteiger partial charge in [-0.1, -0.05) is 0 Å². The molecule has 7 heteroatoms. The lowest BCUT2D eigenvalue weighted by Crippen LogP contribution is -2.43. The smallest absolute Gasteiger partial charge is 0.343 e. The number of pyridine rings is 1. The van der Waals surface area contributed by atoms with Crippen LogP contribution in [0.3, 0.4) is 0 Å². The summed E-state index contributed by atoms with van der Waals surface area (Å²) >= 11 is 0. The fourth-order valence-corrected chi connectivity index (χ4v) is 3.23. The standard InChI is InChI=1S/C19H24FN3O3/c1-4-22-11-14(19(25)26-12(2)3)18(24)13-9-15(20)17(10-16(13)22)23-7-5-21-6-8-23/h9-12,21H,4-8H2,1-3H3. The second kappa shape index (κ2) is 7.45. The van der Waals surface area contributed by atoms with Crippen LogP contribution in [0.15, 0.2) is 23.1 Å². The molecule has 1 saturated heterocycles. The Kier molecular flexibility index (Phi) is 5.27. The first-order valence-corrected chi connectivity index (χ1v) is 8.95. The first-order chi connectivity index (χ1) is 12.4. The molecule has 0 unspecified atom stereocenters. The number of esters is 1. The van der Waals surface area contributed by atoms with E-state index >= 15 is 0 Å². The van der Waals surface area contributed by atoms with Crippen LogP contribution < -0.4 is 15.6 Å². The van der Waals surface area contributed by atoms with Crippen LogP contribution in [0.1, 0.15) is 31.1 Å². The van der Waals surface area contributed by atoms with Crippen molar-refractivity contribution in [2.45, 2.75) is 33.4 Å². The van der Waals surface area contributed by atoms with Crippen molar-refractivity contribution in [3.05, 3.63) is 39.9 Å². The molecule has 1 aromatic carbocycles. The van der Waals surface area contributed by atoms with Crippen LogP contribution in [-0.2, 0) is 11.3 Å². The van der Waals surface area contributed by atoms with Gasteiger partial charge < -0.3 is 19.5 Å². The zero-order valence-electron chi connectivity index (χ0n) is 15.3. The number of piperazine rings is 1. The number of nitrogens with zero attached hydrogens (tertiary/aromatic N) is 2. The van der Waals surface area contributed by atoms with Gasteiger partial charge in [-0.3, -0.25) is 4.79 Å². The highest BCUT2D eigenvalue weighted by Gasteiger charge is 2.21. The van der Waals surface area contributed by atoms with Gasteiger partial charge in [-0.25, -0.2) is 9.18 Å². The van der Waals surface area contributed by atoms with Crippen LogP contribution in [0.4, 0.5) is 10.1 Å². The maximum absolute atomic E-state index is 14.7. The summed E-state index contributed by atoms with van der Waals surface area (Å²) in [6, 6.07) is 2.95. The average molecular weight is 361 g/mol. The fraction of sp³-hybridized carbons (Fsp3) is 0.474. The van der Waals surface area contributed by atoms with Gasteiger partial charge >= 0.3 is 5.97 Å². The molecule has 1 aliphatic heterocycles. The Morgan fingerprint density at radius 3 is 2.62 bits per heavy atom. The molecule has 0 amide bonds. The highest BCUT2D eigenvalue weighted by atomic mass is 19.1. The number of hydrogen-bond acceptors (Lipinski definition) is 5. The number of benzene rings is 1. The number of anilines is 1. The topological polar surface area (TPSA) is 63.6 Å². The molecule has 0 aliphatic carbocycles. The molecule has 0 spiro atoms. The van der Waals surface area contributed by atoms with E-state index in [1.807, 2.05) is 11.8 Å². The molecule has 6 nitrogen and oxygen atoms in total. The largest absolute Gasteiger partial charge is 0.459 e. The van der Waals surface area contributed by atoms with E-state index in [1.165, 1.54) is 12.3 Å². The Hall–Kier alpha value is -2.41. The Balaban J connectivity index is 2.15. The molecule has 0 radical (unpaired) electrons. The van der Waals surface area contributed by atoms with Gasteiger partial charge in [-0.2, -0.15) is 0 Å². The summed E-state index contributed by atoms with van der Waals surface area (Å²) in [6.45, 7) is 8.89. The molecular formula is C19H24FN3O3. The highest BCUT2D eigenvalue weighted by Crippen LogP contribution is 2.25. The minimum absolute atomic E-state index is 0.0672. The second-order valence-corrected chi connectivity index (χ2v) is 6.67. The summed E-state index contributed by atoms with van der Waals surface area (Å²) in [7, 11) is 0. The Labute approximate surface area is 151 Å². The lowest BCUT2D eigenvalue weighted by Gasteiger charge is -2.30. The van der Waals surface area contributed by atoms with Gasteiger partial charge in [-0.05, 0) is 32.9 Å². The van der Waals surface area contributed by atoms with Crippen LogP contribution in [0.5, 0.6) is 0 Å². The molecule has 0 bridgehead atoms. The Morgan fingerprint density at radius 1 is 1.31 bits per heavy atom. The molecule has 1 fully saturated rings. The first kappa shape index (κ1) is 18.4. The van der Waals surface area contributed by atoms with Crippen LogP contribution in [0.25, 0.3) is 10.9 Å². The van der Waals surface area contributed by atoms with E-state index in [0.29, 0.717) is 30.8 Å². The minimum atomic E-state index is -0.680. The molecule has 3 rings (SSSR count). The van der Waals surface area contributed by atoms with E-state index in [2.05, 4.69) is 5.32 Å². The predicted molar refractivity (Wildman–Crippen MR) is 99.5 cm³/mol. The monoisotopic (exact) mass is 361 g/mol. The number of ether oxygens (including phenoxy) is 1. The van der Waals surface area contributed by atoms with Crippen molar-refractivity contribution in [2.75, 3.05) is 31.1 Å². The molecule has 0 saturated carbocycles. The summed E-state index contributed by atoms with van der Waals surface area (Å²) < 4.78 is 21.7. The van der Waals surface area contributed by atoms with Crippen molar-refractivity contribution in [3.63, 3.8) is 0 Å². The van der Waals surface area contributed by atoms with Crippen LogP contribution in [0, 0.1) is 5.82 Å². The van der Waals surface area contributed by atoms with Crippen molar-refractivity contribution in [2.24, 2.45) is 0 Å². The van der Waals surface area contributed by atoms with Crippen LogP contribution in [-0.4, -0.2) is 42.8 Å². The molecule has 140 valence electrons. The predicted octanol–water partition coefficient (Wildman–Crippen LogP) is 2.14. The molecule has 2 heterocycles. The Morgan fingerprint density at radius 2 is 2.00 bits per heavy atom. The lowest BCUT2D eigenvalue weighted by molar-refractivity contribution is 0.0375.